The highest BCUT2D eigenvalue weighted by molar-refractivity contribution is 8.00. The Kier molecular flexibility index (Phi) is 3.39. The Morgan fingerprint density at radius 2 is 2.05 bits per heavy atom. The van der Waals surface area contributed by atoms with Crippen molar-refractivity contribution in [2.45, 2.75) is 4.90 Å². The van der Waals surface area contributed by atoms with E-state index in [4.69, 9.17) is 0 Å². The molecule has 0 fully saturated rings. The number of pyridine rings is 1. The second kappa shape index (κ2) is 5.34. The van der Waals surface area contributed by atoms with Crippen LogP contribution in [0, 0.1) is 0 Å². The van der Waals surface area contributed by atoms with Gasteiger partial charge in [-0.3, -0.25) is 14.6 Å². The van der Waals surface area contributed by atoms with Crippen molar-refractivity contribution < 1.29 is 9.59 Å². The number of hydrogen-bond acceptors (Lipinski definition) is 4. The van der Waals surface area contributed by atoms with Crippen LogP contribution in [-0.4, -0.2) is 22.6 Å². The van der Waals surface area contributed by atoms with Gasteiger partial charge in [-0.1, -0.05) is 0 Å². The maximum absolute atomic E-state index is 12.0. The van der Waals surface area contributed by atoms with Crippen molar-refractivity contribution in [1.82, 2.24) is 4.98 Å². The van der Waals surface area contributed by atoms with Gasteiger partial charge in [-0.15, -0.1) is 11.8 Å². The van der Waals surface area contributed by atoms with E-state index in [2.05, 4.69) is 15.6 Å². The van der Waals surface area contributed by atoms with E-state index in [9.17, 15) is 9.59 Å². The van der Waals surface area contributed by atoms with Crippen molar-refractivity contribution in [3.63, 3.8) is 0 Å². The van der Waals surface area contributed by atoms with Crippen LogP contribution < -0.4 is 10.6 Å². The van der Waals surface area contributed by atoms with E-state index in [1.54, 1.807) is 30.6 Å². The van der Waals surface area contributed by atoms with Crippen LogP contribution in [0.1, 0.15) is 10.4 Å². The average Bonchev–Trinajstić information content (AvgIpc) is 2.47. The Labute approximate surface area is 119 Å². The quantitative estimate of drug-likeness (QED) is 0.888. The molecule has 2 N–H and O–H groups in total. The standard InChI is InChI=1S/C14H11N3O2S/c18-13-8-20-12-2-1-10(7-11(12)17-13)16-14(19)9-3-5-15-6-4-9/h1-7H,8H2,(H,16,19)(H,17,18). The monoisotopic (exact) mass is 285 g/mol. The molecular weight excluding hydrogens is 274 g/mol. The molecule has 0 unspecified atom stereocenters. The van der Waals surface area contributed by atoms with Crippen LogP contribution in [0.4, 0.5) is 11.4 Å². The van der Waals surface area contributed by atoms with Gasteiger partial charge < -0.3 is 10.6 Å². The fraction of sp³-hybridized carbons (Fsp3) is 0.0714. The largest absolute Gasteiger partial charge is 0.324 e. The number of anilines is 2. The smallest absolute Gasteiger partial charge is 0.255 e. The first kappa shape index (κ1) is 12.7. The third-order valence-corrected chi connectivity index (χ3v) is 3.89. The van der Waals surface area contributed by atoms with Crippen LogP contribution in [0.2, 0.25) is 0 Å². The molecule has 3 rings (SSSR count). The van der Waals surface area contributed by atoms with Crippen molar-refractivity contribution in [3.8, 4) is 0 Å². The van der Waals surface area contributed by atoms with Crippen LogP contribution in [0.15, 0.2) is 47.6 Å². The number of aromatic nitrogens is 1. The Hall–Kier alpha value is -2.34. The minimum Gasteiger partial charge on any atom is -0.324 e. The van der Waals surface area contributed by atoms with Crippen molar-refractivity contribution in [3.05, 3.63) is 48.3 Å². The highest BCUT2D eigenvalue weighted by Gasteiger charge is 2.16. The Balaban J connectivity index is 1.80. The average molecular weight is 285 g/mol. The minimum atomic E-state index is -0.206. The lowest BCUT2D eigenvalue weighted by atomic mass is 10.2. The number of nitrogens with one attached hydrogen (secondary N) is 2. The first-order valence-electron chi connectivity index (χ1n) is 6.00. The Bertz CT molecular complexity index is 673. The van der Waals surface area contributed by atoms with Crippen LogP contribution in [0.3, 0.4) is 0 Å². The van der Waals surface area contributed by atoms with E-state index in [0.717, 1.165) is 10.6 Å². The summed E-state index contributed by atoms with van der Waals surface area (Å²) in [5, 5.41) is 5.59. The molecule has 0 radical (unpaired) electrons. The summed E-state index contributed by atoms with van der Waals surface area (Å²) >= 11 is 1.49. The normalized spacial score (nSPS) is 13.3. The predicted molar refractivity (Wildman–Crippen MR) is 78.0 cm³/mol. The van der Waals surface area contributed by atoms with Gasteiger partial charge >= 0.3 is 0 Å². The number of rotatable bonds is 2. The van der Waals surface area contributed by atoms with Crippen LogP contribution in [0.25, 0.3) is 0 Å². The van der Waals surface area contributed by atoms with Crippen molar-refractivity contribution in [2.24, 2.45) is 0 Å². The van der Waals surface area contributed by atoms with Gasteiger partial charge in [0, 0.05) is 28.5 Å². The number of benzene rings is 1. The van der Waals surface area contributed by atoms with Crippen molar-refractivity contribution in [2.75, 3.05) is 16.4 Å². The molecule has 0 atom stereocenters. The molecule has 0 spiro atoms. The number of carbonyl (C=O) groups excluding carboxylic acids is 2. The Morgan fingerprint density at radius 1 is 1.25 bits per heavy atom. The number of hydrogen-bond donors (Lipinski definition) is 2. The number of thioether (sulfide) groups is 1. The van der Waals surface area contributed by atoms with Crippen molar-refractivity contribution in [1.29, 1.82) is 0 Å². The number of carbonyl (C=O) groups is 2. The van der Waals surface area contributed by atoms with Gasteiger partial charge in [0.2, 0.25) is 5.91 Å². The highest BCUT2D eigenvalue weighted by atomic mass is 32.2. The van der Waals surface area contributed by atoms with E-state index in [1.807, 2.05) is 12.1 Å². The first-order chi connectivity index (χ1) is 9.72. The highest BCUT2D eigenvalue weighted by Crippen LogP contribution is 2.33. The molecule has 0 aliphatic carbocycles. The van der Waals surface area contributed by atoms with Gasteiger partial charge in [0.15, 0.2) is 0 Å². The molecular formula is C14H11N3O2S. The van der Waals surface area contributed by atoms with Crippen LogP contribution in [-0.2, 0) is 4.79 Å². The van der Waals surface area contributed by atoms with Gasteiger partial charge in [0.25, 0.3) is 5.91 Å². The van der Waals surface area contributed by atoms with Crippen LogP contribution >= 0.6 is 11.8 Å². The molecule has 1 aliphatic heterocycles. The summed E-state index contributed by atoms with van der Waals surface area (Å²) in [6.07, 6.45) is 3.14. The molecule has 5 nitrogen and oxygen atoms in total. The zero-order valence-corrected chi connectivity index (χ0v) is 11.2. The van der Waals surface area contributed by atoms with Gasteiger partial charge in [-0.2, -0.15) is 0 Å². The molecule has 0 bridgehead atoms. The molecule has 1 aromatic heterocycles. The number of fused-ring (bicyclic) bond motifs is 1. The summed E-state index contributed by atoms with van der Waals surface area (Å²) in [7, 11) is 0. The van der Waals surface area contributed by atoms with Gasteiger partial charge in [-0.25, -0.2) is 0 Å². The lowest BCUT2D eigenvalue weighted by Crippen LogP contribution is -2.19. The lowest BCUT2D eigenvalue weighted by molar-refractivity contribution is -0.113. The molecule has 100 valence electrons. The number of amides is 2. The van der Waals surface area contributed by atoms with Crippen molar-refractivity contribution >= 4 is 35.0 Å². The molecule has 2 heterocycles. The summed E-state index contributed by atoms with van der Waals surface area (Å²) in [6, 6.07) is 8.76. The van der Waals surface area contributed by atoms with E-state index in [1.165, 1.54) is 11.8 Å². The molecule has 0 saturated heterocycles. The minimum absolute atomic E-state index is 0.0277. The maximum atomic E-state index is 12.0. The predicted octanol–water partition coefficient (Wildman–Crippen LogP) is 2.38. The summed E-state index contributed by atoms with van der Waals surface area (Å²) in [5.41, 5.74) is 1.92. The summed E-state index contributed by atoms with van der Waals surface area (Å²) in [5.74, 6) is 0.192. The van der Waals surface area contributed by atoms with Gasteiger partial charge in [0.05, 0.1) is 11.4 Å². The summed E-state index contributed by atoms with van der Waals surface area (Å²) in [6.45, 7) is 0. The molecule has 20 heavy (non-hydrogen) atoms. The molecule has 0 saturated carbocycles. The maximum Gasteiger partial charge on any atom is 0.255 e. The number of nitrogens with zero attached hydrogens (tertiary/aromatic N) is 1. The zero-order chi connectivity index (χ0) is 13.9. The molecule has 6 heteroatoms. The molecule has 2 amide bonds. The molecule has 2 aromatic rings. The second-order valence-electron chi connectivity index (χ2n) is 4.24. The first-order valence-corrected chi connectivity index (χ1v) is 6.99. The molecule has 1 aliphatic rings. The van der Waals surface area contributed by atoms with E-state index < -0.39 is 0 Å². The molecule has 1 aromatic carbocycles. The van der Waals surface area contributed by atoms with Crippen LogP contribution in [0.5, 0.6) is 0 Å². The fourth-order valence-electron chi connectivity index (χ4n) is 1.87. The topological polar surface area (TPSA) is 71.1 Å². The van der Waals surface area contributed by atoms with E-state index >= 15 is 0 Å². The van der Waals surface area contributed by atoms with E-state index in [-0.39, 0.29) is 11.8 Å². The lowest BCUT2D eigenvalue weighted by Gasteiger charge is -2.17. The third-order valence-electron chi connectivity index (χ3n) is 2.81. The summed E-state index contributed by atoms with van der Waals surface area (Å²) < 4.78 is 0. The zero-order valence-electron chi connectivity index (χ0n) is 10.4. The Morgan fingerprint density at radius 3 is 2.85 bits per heavy atom. The van der Waals surface area contributed by atoms with Gasteiger partial charge in [-0.05, 0) is 30.3 Å². The van der Waals surface area contributed by atoms with Gasteiger partial charge in [0.1, 0.15) is 0 Å². The van der Waals surface area contributed by atoms with E-state index in [0.29, 0.717) is 17.0 Å². The SMILES string of the molecule is O=C1CSc2ccc(NC(=O)c3ccncc3)cc2N1. The summed E-state index contributed by atoms with van der Waals surface area (Å²) in [4.78, 5) is 28.2. The second-order valence-corrected chi connectivity index (χ2v) is 5.25. The third kappa shape index (κ3) is 2.65. The fourth-order valence-corrected chi connectivity index (χ4v) is 2.66.